The molecule has 2 rings (SSSR count). The highest BCUT2D eigenvalue weighted by atomic mass is 32.2. The van der Waals surface area contributed by atoms with Crippen LogP contribution >= 0.6 is 11.8 Å². The second kappa shape index (κ2) is 6.64. The van der Waals surface area contributed by atoms with Crippen LogP contribution in [0.4, 0.5) is 0 Å². The zero-order valence-corrected chi connectivity index (χ0v) is 12.5. The van der Waals surface area contributed by atoms with Crippen molar-refractivity contribution in [3.63, 3.8) is 0 Å². The van der Waals surface area contributed by atoms with Crippen LogP contribution in [0.25, 0.3) is 0 Å². The first-order valence-electron chi connectivity index (χ1n) is 6.90. The molecule has 0 spiro atoms. The minimum atomic E-state index is -0.542. The maximum Gasteiger partial charge on any atom is 0.124 e. The number of benzene rings is 1. The van der Waals surface area contributed by atoms with Gasteiger partial charge in [0, 0.05) is 23.9 Å². The molecule has 0 bridgehead atoms. The van der Waals surface area contributed by atoms with E-state index in [1.807, 2.05) is 36.9 Å². The molecule has 0 amide bonds. The Morgan fingerprint density at radius 1 is 1.47 bits per heavy atom. The van der Waals surface area contributed by atoms with Crippen molar-refractivity contribution in [2.75, 3.05) is 24.7 Å². The van der Waals surface area contributed by atoms with Gasteiger partial charge in [0.05, 0.1) is 12.2 Å². The first-order chi connectivity index (χ1) is 9.14. The van der Waals surface area contributed by atoms with Crippen molar-refractivity contribution < 1.29 is 9.84 Å². The van der Waals surface area contributed by atoms with Gasteiger partial charge >= 0.3 is 0 Å². The third-order valence-corrected chi connectivity index (χ3v) is 4.74. The van der Waals surface area contributed by atoms with Crippen LogP contribution in [-0.2, 0) is 0 Å². The first-order valence-corrected chi connectivity index (χ1v) is 8.05. The molecule has 1 aliphatic heterocycles. The number of hydrogen-bond acceptors (Lipinski definition) is 4. The van der Waals surface area contributed by atoms with Gasteiger partial charge in [-0.15, -0.1) is 0 Å². The van der Waals surface area contributed by atoms with Crippen molar-refractivity contribution in [1.82, 2.24) is 5.32 Å². The molecule has 1 saturated heterocycles. The van der Waals surface area contributed by atoms with Gasteiger partial charge in [0.15, 0.2) is 0 Å². The number of aliphatic hydroxyl groups is 1. The highest BCUT2D eigenvalue weighted by Gasteiger charge is 2.31. The fourth-order valence-electron chi connectivity index (χ4n) is 2.31. The van der Waals surface area contributed by atoms with Crippen LogP contribution in [-0.4, -0.2) is 35.4 Å². The number of ether oxygens (including phenoxy) is 1. The van der Waals surface area contributed by atoms with Crippen molar-refractivity contribution in [2.24, 2.45) is 0 Å². The first kappa shape index (κ1) is 14.7. The van der Waals surface area contributed by atoms with E-state index in [1.54, 1.807) is 0 Å². The van der Waals surface area contributed by atoms with E-state index in [2.05, 4.69) is 18.3 Å². The summed E-state index contributed by atoms with van der Waals surface area (Å²) in [6, 6.07) is 8.27. The molecule has 2 atom stereocenters. The van der Waals surface area contributed by atoms with Crippen LogP contribution in [0.2, 0.25) is 0 Å². The smallest absolute Gasteiger partial charge is 0.124 e. The molecule has 1 aromatic carbocycles. The van der Waals surface area contributed by atoms with Crippen molar-refractivity contribution in [3.8, 4) is 5.75 Å². The van der Waals surface area contributed by atoms with Crippen molar-refractivity contribution in [1.29, 1.82) is 0 Å². The normalized spacial score (nSPS) is 24.4. The molecular formula is C15H23NO2S. The Morgan fingerprint density at radius 3 is 2.95 bits per heavy atom. The van der Waals surface area contributed by atoms with E-state index in [0.29, 0.717) is 13.2 Å². The third-order valence-electron chi connectivity index (χ3n) is 3.51. The molecule has 106 valence electrons. The van der Waals surface area contributed by atoms with Gasteiger partial charge in [-0.3, -0.25) is 0 Å². The van der Waals surface area contributed by atoms with Crippen molar-refractivity contribution in [3.05, 3.63) is 29.8 Å². The molecule has 1 aliphatic rings. The second-order valence-corrected chi connectivity index (χ2v) is 6.21. The Hall–Kier alpha value is -0.710. The average molecular weight is 281 g/mol. The summed E-state index contributed by atoms with van der Waals surface area (Å²) in [4.78, 5) is 0. The number of rotatable bonds is 6. The summed E-state index contributed by atoms with van der Waals surface area (Å²) in [7, 11) is 0. The Kier molecular flexibility index (Phi) is 5.13. The fourth-order valence-corrected chi connectivity index (χ4v) is 3.61. The topological polar surface area (TPSA) is 41.5 Å². The number of hydrogen-bond donors (Lipinski definition) is 2. The van der Waals surface area contributed by atoms with E-state index in [9.17, 15) is 5.11 Å². The minimum Gasteiger partial charge on any atom is -0.494 e. The van der Waals surface area contributed by atoms with Gasteiger partial charge in [0.1, 0.15) is 5.75 Å². The molecule has 3 nitrogen and oxygen atoms in total. The zero-order chi connectivity index (χ0) is 13.7. The summed E-state index contributed by atoms with van der Waals surface area (Å²) in [6.45, 7) is 5.42. The van der Waals surface area contributed by atoms with Gasteiger partial charge < -0.3 is 15.2 Å². The SMILES string of the molecule is CCOc1ccccc1C(C)NCC1(O)CCSC1. The average Bonchev–Trinajstić information content (AvgIpc) is 2.85. The van der Waals surface area contributed by atoms with E-state index in [1.165, 1.54) is 0 Å². The number of para-hydroxylation sites is 1. The summed E-state index contributed by atoms with van der Waals surface area (Å²) >= 11 is 1.83. The molecule has 1 heterocycles. The fraction of sp³-hybridized carbons (Fsp3) is 0.600. The monoisotopic (exact) mass is 281 g/mol. The molecule has 0 saturated carbocycles. The quantitative estimate of drug-likeness (QED) is 0.841. The predicted molar refractivity (Wildman–Crippen MR) is 80.9 cm³/mol. The number of nitrogens with one attached hydrogen (secondary N) is 1. The van der Waals surface area contributed by atoms with E-state index in [4.69, 9.17) is 4.74 Å². The maximum atomic E-state index is 10.3. The van der Waals surface area contributed by atoms with Crippen LogP contribution in [0, 0.1) is 0 Å². The molecule has 2 N–H and O–H groups in total. The molecule has 0 aliphatic carbocycles. The third kappa shape index (κ3) is 3.88. The van der Waals surface area contributed by atoms with Crippen LogP contribution < -0.4 is 10.1 Å². The largest absolute Gasteiger partial charge is 0.494 e. The molecular weight excluding hydrogens is 258 g/mol. The van der Waals surface area contributed by atoms with Gasteiger partial charge in [-0.1, -0.05) is 18.2 Å². The molecule has 0 aromatic heterocycles. The van der Waals surface area contributed by atoms with Gasteiger partial charge in [0.25, 0.3) is 0 Å². The maximum absolute atomic E-state index is 10.3. The van der Waals surface area contributed by atoms with Crippen molar-refractivity contribution in [2.45, 2.75) is 31.9 Å². The van der Waals surface area contributed by atoms with Crippen LogP contribution in [0.15, 0.2) is 24.3 Å². The molecule has 1 fully saturated rings. The summed E-state index contributed by atoms with van der Waals surface area (Å²) in [5.74, 6) is 2.82. The van der Waals surface area contributed by atoms with Gasteiger partial charge in [-0.2, -0.15) is 11.8 Å². The van der Waals surface area contributed by atoms with Crippen LogP contribution in [0.5, 0.6) is 5.75 Å². The van der Waals surface area contributed by atoms with Crippen molar-refractivity contribution >= 4 is 11.8 Å². The summed E-state index contributed by atoms with van der Waals surface area (Å²) < 4.78 is 5.65. The second-order valence-electron chi connectivity index (χ2n) is 5.10. The number of thioether (sulfide) groups is 1. The van der Waals surface area contributed by atoms with E-state index >= 15 is 0 Å². The standard InChI is InChI=1S/C15H23NO2S/c1-3-18-14-7-5-4-6-13(14)12(2)16-10-15(17)8-9-19-11-15/h4-7,12,16-17H,3,8-11H2,1-2H3. The van der Waals surface area contributed by atoms with Gasteiger partial charge in [-0.05, 0) is 32.1 Å². The summed E-state index contributed by atoms with van der Waals surface area (Å²) in [5.41, 5.74) is 0.609. The molecule has 0 radical (unpaired) electrons. The molecule has 4 heteroatoms. The lowest BCUT2D eigenvalue weighted by Crippen LogP contribution is -2.41. The zero-order valence-electron chi connectivity index (χ0n) is 11.7. The minimum absolute atomic E-state index is 0.178. The van der Waals surface area contributed by atoms with Crippen LogP contribution in [0.1, 0.15) is 31.9 Å². The van der Waals surface area contributed by atoms with E-state index in [0.717, 1.165) is 29.2 Å². The lowest BCUT2D eigenvalue weighted by atomic mass is 10.0. The Morgan fingerprint density at radius 2 is 2.26 bits per heavy atom. The van der Waals surface area contributed by atoms with Gasteiger partial charge in [-0.25, -0.2) is 0 Å². The molecule has 19 heavy (non-hydrogen) atoms. The molecule has 1 aromatic rings. The predicted octanol–water partition coefficient (Wildman–Crippen LogP) is 2.60. The van der Waals surface area contributed by atoms with E-state index in [-0.39, 0.29) is 6.04 Å². The Bertz CT molecular complexity index is 405. The summed E-state index contributed by atoms with van der Waals surface area (Å²) in [5, 5.41) is 13.8. The highest BCUT2D eigenvalue weighted by Crippen LogP contribution is 2.29. The highest BCUT2D eigenvalue weighted by molar-refractivity contribution is 7.99. The molecule has 2 unspecified atom stereocenters. The Balaban J connectivity index is 1.97. The lowest BCUT2D eigenvalue weighted by Gasteiger charge is -2.25. The summed E-state index contributed by atoms with van der Waals surface area (Å²) in [6.07, 6.45) is 0.879. The lowest BCUT2D eigenvalue weighted by molar-refractivity contribution is 0.0650. The van der Waals surface area contributed by atoms with Crippen LogP contribution in [0.3, 0.4) is 0 Å². The Labute approximate surface area is 119 Å². The van der Waals surface area contributed by atoms with Gasteiger partial charge in [0.2, 0.25) is 0 Å². The van der Waals surface area contributed by atoms with E-state index < -0.39 is 5.60 Å².